The second-order valence-corrected chi connectivity index (χ2v) is 6.26. The van der Waals surface area contributed by atoms with Gasteiger partial charge in [-0.2, -0.15) is 0 Å². The molecule has 0 unspecified atom stereocenters. The van der Waals surface area contributed by atoms with Crippen molar-refractivity contribution in [2.75, 3.05) is 44.6 Å². The number of anilines is 1. The average Bonchev–Trinajstić information content (AvgIpc) is 2.61. The zero-order valence-corrected chi connectivity index (χ0v) is 17.1. The van der Waals surface area contributed by atoms with Gasteiger partial charge in [-0.1, -0.05) is 23.2 Å². The van der Waals surface area contributed by atoms with Gasteiger partial charge in [-0.05, 0) is 26.8 Å². The SMILES string of the molecule is CCNC(=NCCC(=O)N(CC)CC)NCCNc1ncc(Cl)cc1Cl. The highest BCUT2D eigenvalue weighted by molar-refractivity contribution is 6.35. The highest BCUT2D eigenvalue weighted by Gasteiger charge is 2.08. The number of aromatic nitrogens is 1. The minimum absolute atomic E-state index is 0.125. The number of hydrogen-bond donors (Lipinski definition) is 3. The molecule has 0 fully saturated rings. The Labute approximate surface area is 165 Å². The lowest BCUT2D eigenvalue weighted by Crippen LogP contribution is -2.40. The fourth-order valence-corrected chi connectivity index (χ4v) is 2.69. The van der Waals surface area contributed by atoms with Crippen molar-refractivity contribution in [3.8, 4) is 0 Å². The molecule has 1 amide bonds. The van der Waals surface area contributed by atoms with Crippen LogP contribution in [-0.4, -0.2) is 61.0 Å². The molecule has 1 aromatic heterocycles. The topological polar surface area (TPSA) is 81.7 Å². The van der Waals surface area contributed by atoms with Crippen LogP contribution in [0.5, 0.6) is 0 Å². The number of amides is 1. The largest absolute Gasteiger partial charge is 0.367 e. The molecule has 1 rings (SSSR count). The first kappa shape index (κ1) is 22.3. The maximum absolute atomic E-state index is 12.0. The van der Waals surface area contributed by atoms with Gasteiger partial charge in [0, 0.05) is 45.3 Å². The van der Waals surface area contributed by atoms with Gasteiger partial charge in [-0.3, -0.25) is 9.79 Å². The van der Waals surface area contributed by atoms with Crippen molar-refractivity contribution in [3.63, 3.8) is 0 Å². The van der Waals surface area contributed by atoms with E-state index in [1.54, 1.807) is 12.3 Å². The quantitative estimate of drug-likeness (QED) is 0.318. The van der Waals surface area contributed by atoms with Gasteiger partial charge in [0.05, 0.1) is 16.6 Å². The summed E-state index contributed by atoms with van der Waals surface area (Å²) in [7, 11) is 0. The van der Waals surface area contributed by atoms with Crippen molar-refractivity contribution >= 4 is 40.9 Å². The summed E-state index contributed by atoms with van der Waals surface area (Å²) in [5.74, 6) is 1.39. The minimum Gasteiger partial charge on any atom is -0.367 e. The van der Waals surface area contributed by atoms with Crippen LogP contribution >= 0.6 is 23.2 Å². The number of aliphatic imine (C=N–C) groups is 1. The van der Waals surface area contributed by atoms with Crippen molar-refractivity contribution < 1.29 is 4.79 Å². The van der Waals surface area contributed by atoms with Crippen LogP contribution in [0.25, 0.3) is 0 Å². The number of rotatable bonds is 10. The maximum atomic E-state index is 12.0. The van der Waals surface area contributed by atoms with Gasteiger partial charge >= 0.3 is 0 Å². The van der Waals surface area contributed by atoms with Crippen LogP contribution in [0.4, 0.5) is 5.82 Å². The molecule has 0 aliphatic carbocycles. The smallest absolute Gasteiger partial charge is 0.224 e. The number of carbonyl (C=O) groups is 1. The first-order chi connectivity index (χ1) is 12.5. The molecule has 0 bridgehead atoms. The van der Waals surface area contributed by atoms with Gasteiger partial charge in [-0.15, -0.1) is 0 Å². The molecule has 7 nitrogen and oxygen atoms in total. The van der Waals surface area contributed by atoms with Crippen LogP contribution in [0.15, 0.2) is 17.3 Å². The molecule has 3 N–H and O–H groups in total. The molecule has 1 aromatic rings. The van der Waals surface area contributed by atoms with E-state index in [9.17, 15) is 4.79 Å². The molecule has 0 saturated heterocycles. The average molecular weight is 403 g/mol. The van der Waals surface area contributed by atoms with E-state index in [1.165, 1.54) is 0 Å². The summed E-state index contributed by atoms with van der Waals surface area (Å²) in [5.41, 5.74) is 0. The third kappa shape index (κ3) is 8.10. The van der Waals surface area contributed by atoms with E-state index < -0.39 is 0 Å². The van der Waals surface area contributed by atoms with Crippen LogP contribution in [0.1, 0.15) is 27.2 Å². The summed E-state index contributed by atoms with van der Waals surface area (Å²) in [6.07, 6.45) is 1.95. The number of nitrogens with zero attached hydrogens (tertiary/aromatic N) is 3. The Kier molecular flexibility index (Phi) is 10.8. The Morgan fingerprint density at radius 1 is 1.19 bits per heavy atom. The summed E-state index contributed by atoms with van der Waals surface area (Å²) < 4.78 is 0. The summed E-state index contributed by atoms with van der Waals surface area (Å²) in [4.78, 5) is 22.4. The Hall–Kier alpha value is -1.73. The molecular formula is C17H28Cl2N6O. The Morgan fingerprint density at radius 3 is 2.54 bits per heavy atom. The van der Waals surface area contributed by atoms with E-state index in [4.69, 9.17) is 23.2 Å². The zero-order chi connectivity index (χ0) is 19.4. The highest BCUT2D eigenvalue weighted by atomic mass is 35.5. The predicted molar refractivity (Wildman–Crippen MR) is 109 cm³/mol. The van der Waals surface area contributed by atoms with Crippen molar-refractivity contribution in [3.05, 3.63) is 22.3 Å². The third-order valence-corrected chi connectivity index (χ3v) is 4.07. The molecule has 26 heavy (non-hydrogen) atoms. The van der Waals surface area contributed by atoms with Crippen molar-refractivity contribution in [1.82, 2.24) is 20.5 Å². The minimum atomic E-state index is 0.125. The van der Waals surface area contributed by atoms with E-state index in [-0.39, 0.29) is 5.91 Å². The van der Waals surface area contributed by atoms with Crippen molar-refractivity contribution in [2.45, 2.75) is 27.2 Å². The summed E-state index contributed by atoms with van der Waals surface area (Å²) in [5, 5.41) is 10.5. The molecule has 0 saturated carbocycles. The molecule has 1 heterocycles. The van der Waals surface area contributed by atoms with Crippen LogP contribution in [0.3, 0.4) is 0 Å². The van der Waals surface area contributed by atoms with E-state index >= 15 is 0 Å². The maximum Gasteiger partial charge on any atom is 0.224 e. The highest BCUT2D eigenvalue weighted by Crippen LogP contribution is 2.21. The van der Waals surface area contributed by atoms with E-state index in [1.807, 2.05) is 25.7 Å². The van der Waals surface area contributed by atoms with Gasteiger partial charge in [0.2, 0.25) is 5.91 Å². The normalized spacial score (nSPS) is 11.2. The molecule has 0 aromatic carbocycles. The summed E-state index contributed by atoms with van der Waals surface area (Å²) in [6.45, 7) is 9.82. The van der Waals surface area contributed by atoms with Crippen molar-refractivity contribution in [2.24, 2.45) is 4.99 Å². The van der Waals surface area contributed by atoms with Crippen molar-refractivity contribution in [1.29, 1.82) is 0 Å². The van der Waals surface area contributed by atoms with Crippen LogP contribution in [-0.2, 0) is 4.79 Å². The van der Waals surface area contributed by atoms with E-state index in [0.29, 0.717) is 47.9 Å². The second kappa shape index (κ2) is 12.6. The van der Waals surface area contributed by atoms with Crippen LogP contribution in [0.2, 0.25) is 10.0 Å². The summed E-state index contributed by atoms with van der Waals surface area (Å²) in [6, 6.07) is 1.64. The first-order valence-corrected chi connectivity index (χ1v) is 9.62. The lowest BCUT2D eigenvalue weighted by molar-refractivity contribution is -0.130. The molecule has 0 aliphatic heterocycles. The predicted octanol–water partition coefficient (Wildman–Crippen LogP) is 2.61. The Morgan fingerprint density at radius 2 is 1.92 bits per heavy atom. The first-order valence-electron chi connectivity index (χ1n) is 8.86. The number of halogens is 2. The van der Waals surface area contributed by atoms with E-state index in [0.717, 1.165) is 19.6 Å². The molecule has 0 spiro atoms. The molecule has 0 aliphatic rings. The fourth-order valence-electron chi connectivity index (χ4n) is 2.25. The van der Waals surface area contributed by atoms with Crippen LogP contribution < -0.4 is 16.0 Å². The number of carbonyl (C=O) groups excluding carboxylic acids is 1. The third-order valence-electron chi connectivity index (χ3n) is 3.57. The number of nitrogens with one attached hydrogen (secondary N) is 3. The second-order valence-electron chi connectivity index (χ2n) is 5.41. The molecule has 0 radical (unpaired) electrons. The molecular weight excluding hydrogens is 375 g/mol. The van der Waals surface area contributed by atoms with Gasteiger partial charge in [0.15, 0.2) is 5.96 Å². The Bertz CT molecular complexity index is 593. The Balaban J connectivity index is 2.41. The molecule has 0 atom stereocenters. The standard InChI is InChI=1S/C17H28Cl2N6O/c1-4-20-17(22-8-7-15(26)25(5-2)6-3)23-10-9-21-16-14(19)11-13(18)12-24-16/h11-12H,4-10H2,1-3H3,(H,21,24)(H2,20,22,23). The number of pyridine rings is 1. The molecule has 9 heteroatoms. The summed E-state index contributed by atoms with van der Waals surface area (Å²) >= 11 is 11.9. The number of guanidine groups is 1. The van der Waals surface area contributed by atoms with Gasteiger partial charge in [-0.25, -0.2) is 4.98 Å². The lowest BCUT2D eigenvalue weighted by atomic mass is 10.3. The zero-order valence-electron chi connectivity index (χ0n) is 15.6. The lowest BCUT2D eigenvalue weighted by Gasteiger charge is -2.18. The monoisotopic (exact) mass is 402 g/mol. The van der Waals surface area contributed by atoms with Gasteiger partial charge < -0.3 is 20.9 Å². The number of hydrogen-bond acceptors (Lipinski definition) is 4. The fraction of sp³-hybridized carbons (Fsp3) is 0.588. The van der Waals surface area contributed by atoms with Crippen LogP contribution in [0, 0.1) is 0 Å². The molecule has 146 valence electrons. The van der Waals surface area contributed by atoms with Gasteiger partial charge in [0.25, 0.3) is 0 Å². The van der Waals surface area contributed by atoms with Gasteiger partial charge in [0.1, 0.15) is 5.82 Å². The van der Waals surface area contributed by atoms with E-state index in [2.05, 4.69) is 25.9 Å².